The Bertz CT molecular complexity index is 920. The first-order valence-corrected chi connectivity index (χ1v) is 10.1. The molecule has 2 aromatic carbocycles. The SMILES string of the molecule is CC(=O)O[C@H]1CO[C@H]2[C@@H]1OC[C@H]2O[C@H]1C(=O)N(c2ccccc2)[C@H]1c1ccccc1. The van der Waals surface area contributed by atoms with Crippen LogP contribution in [-0.4, -0.2) is 55.6 Å². The predicted octanol–water partition coefficient (Wildman–Crippen LogP) is 2.26. The summed E-state index contributed by atoms with van der Waals surface area (Å²) in [5.41, 5.74) is 1.84. The molecule has 7 heteroatoms. The first kappa shape index (κ1) is 19.2. The number of amides is 1. The second-order valence-electron chi connectivity index (χ2n) is 7.74. The summed E-state index contributed by atoms with van der Waals surface area (Å²) in [6.07, 6.45) is -2.19. The van der Waals surface area contributed by atoms with E-state index in [1.54, 1.807) is 4.90 Å². The van der Waals surface area contributed by atoms with Gasteiger partial charge in [0.25, 0.3) is 5.91 Å². The van der Waals surface area contributed by atoms with Crippen LogP contribution in [0, 0.1) is 0 Å². The van der Waals surface area contributed by atoms with Gasteiger partial charge in [0.1, 0.15) is 18.3 Å². The number of para-hydroxylation sites is 1. The number of nitrogens with zero attached hydrogens (tertiary/aromatic N) is 1. The fourth-order valence-electron chi connectivity index (χ4n) is 4.49. The lowest BCUT2D eigenvalue weighted by Crippen LogP contribution is -2.61. The van der Waals surface area contributed by atoms with Crippen LogP contribution in [-0.2, 0) is 28.5 Å². The molecule has 2 aromatic rings. The van der Waals surface area contributed by atoms with Crippen LogP contribution < -0.4 is 4.90 Å². The van der Waals surface area contributed by atoms with Crippen LogP contribution >= 0.6 is 0 Å². The third kappa shape index (κ3) is 3.29. The monoisotopic (exact) mass is 409 g/mol. The van der Waals surface area contributed by atoms with Gasteiger partial charge < -0.3 is 18.9 Å². The third-order valence-corrected chi connectivity index (χ3v) is 5.82. The first-order valence-electron chi connectivity index (χ1n) is 10.1. The standard InChI is InChI=1S/C23H23NO6/c1-14(25)29-17-12-27-21-18(13-28-20(17)21)30-22-19(15-8-4-2-5-9-15)24(23(22)26)16-10-6-3-7-11-16/h2-11,17-22H,12-13H2,1H3/t17-,18+,19-,20+,21+,22+/m0/s1. The number of β-lactam (4-membered cyclic amide) rings is 1. The van der Waals surface area contributed by atoms with Crippen LogP contribution in [0.15, 0.2) is 60.7 Å². The minimum Gasteiger partial charge on any atom is -0.457 e. The second-order valence-corrected chi connectivity index (χ2v) is 7.74. The molecule has 1 amide bonds. The van der Waals surface area contributed by atoms with Gasteiger partial charge in [-0.15, -0.1) is 0 Å². The number of anilines is 1. The first-order chi connectivity index (χ1) is 14.6. The Morgan fingerprint density at radius 1 is 0.933 bits per heavy atom. The van der Waals surface area contributed by atoms with Crippen LogP contribution in [0.3, 0.4) is 0 Å². The molecule has 3 aliphatic rings. The molecule has 3 aliphatic heterocycles. The van der Waals surface area contributed by atoms with Crippen LogP contribution in [0.5, 0.6) is 0 Å². The van der Waals surface area contributed by atoms with Crippen LogP contribution in [0.4, 0.5) is 5.69 Å². The number of carbonyl (C=O) groups is 2. The average molecular weight is 409 g/mol. The molecular formula is C23H23NO6. The zero-order valence-corrected chi connectivity index (χ0v) is 16.5. The highest BCUT2D eigenvalue weighted by Crippen LogP contribution is 2.42. The van der Waals surface area contributed by atoms with Crippen molar-refractivity contribution in [2.75, 3.05) is 18.1 Å². The van der Waals surface area contributed by atoms with E-state index in [0.29, 0.717) is 6.61 Å². The molecule has 5 rings (SSSR count). The maximum Gasteiger partial charge on any atom is 0.303 e. The van der Waals surface area contributed by atoms with E-state index in [1.807, 2.05) is 60.7 Å². The summed E-state index contributed by atoms with van der Waals surface area (Å²) < 4.78 is 23.2. The molecule has 0 radical (unpaired) electrons. The van der Waals surface area contributed by atoms with Crippen molar-refractivity contribution in [2.24, 2.45) is 0 Å². The molecule has 0 N–H and O–H groups in total. The largest absolute Gasteiger partial charge is 0.457 e. The van der Waals surface area contributed by atoms with Crippen molar-refractivity contribution in [3.05, 3.63) is 66.2 Å². The van der Waals surface area contributed by atoms with E-state index in [4.69, 9.17) is 18.9 Å². The van der Waals surface area contributed by atoms with Gasteiger partial charge in [0, 0.05) is 12.6 Å². The molecule has 30 heavy (non-hydrogen) atoms. The Morgan fingerprint density at radius 2 is 1.53 bits per heavy atom. The van der Waals surface area contributed by atoms with E-state index in [9.17, 15) is 9.59 Å². The van der Waals surface area contributed by atoms with E-state index in [2.05, 4.69) is 0 Å². The minimum atomic E-state index is -0.628. The second kappa shape index (κ2) is 7.83. The molecule has 0 aliphatic carbocycles. The van der Waals surface area contributed by atoms with Gasteiger partial charge in [-0.1, -0.05) is 48.5 Å². The number of fused-ring (bicyclic) bond motifs is 1. The molecule has 0 saturated carbocycles. The van der Waals surface area contributed by atoms with Gasteiger partial charge in [-0.25, -0.2) is 0 Å². The number of carbonyl (C=O) groups excluding carboxylic acids is 2. The van der Waals surface area contributed by atoms with Gasteiger partial charge in [0.05, 0.1) is 19.3 Å². The van der Waals surface area contributed by atoms with Gasteiger partial charge in [-0.05, 0) is 17.7 Å². The van der Waals surface area contributed by atoms with E-state index in [-0.39, 0.29) is 36.7 Å². The summed E-state index contributed by atoms with van der Waals surface area (Å²) in [5.74, 6) is -0.456. The highest BCUT2D eigenvalue weighted by Gasteiger charge is 2.55. The molecule has 6 atom stereocenters. The van der Waals surface area contributed by atoms with Crippen molar-refractivity contribution < 1.29 is 28.5 Å². The maximum absolute atomic E-state index is 13.1. The molecule has 0 unspecified atom stereocenters. The molecule has 0 bridgehead atoms. The van der Waals surface area contributed by atoms with Crippen molar-refractivity contribution >= 4 is 17.6 Å². The Hall–Kier alpha value is -2.74. The van der Waals surface area contributed by atoms with Gasteiger partial charge >= 0.3 is 5.97 Å². The molecule has 0 aromatic heterocycles. The van der Waals surface area contributed by atoms with Crippen molar-refractivity contribution in [2.45, 2.75) is 43.5 Å². The molecule has 7 nitrogen and oxygen atoms in total. The van der Waals surface area contributed by atoms with Gasteiger partial charge in [-0.2, -0.15) is 0 Å². The molecule has 0 spiro atoms. The van der Waals surface area contributed by atoms with Crippen molar-refractivity contribution in [1.29, 1.82) is 0 Å². The minimum absolute atomic E-state index is 0.0898. The highest BCUT2D eigenvalue weighted by molar-refractivity contribution is 6.05. The number of hydrogen-bond donors (Lipinski definition) is 0. The molecule has 3 saturated heterocycles. The van der Waals surface area contributed by atoms with Crippen LogP contribution in [0.1, 0.15) is 18.5 Å². The normalized spacial score (nSPS) is 32.6. The lowest BCUT2D eigenvalue weighted by atomic mass is 9.89. The number of hydrogen-bond acceptors (Lipinski definition) is 6. The van der Waals surface area contributed by atoms with Crippen LogP contribution in [0.25, 0.3) is 0 Å². The van der Waals surface area contributed by atoms with Crippen molar-refractivity contribution in [3.63, 3.8) is 0 Å². The van der Waals surface area contributed by atoms with Gasteiger partial charge in [0.15, 0.2) is 12.2 Å². The number of rotatable bonds is 5. The predicted molar refractivity (Wildman–Crippen MR) is 107 cm³/mol. The van der Waals surface area contributed by atoms with E-state index in [1.165, 1.54) is 6.92 Å². The summed E-state index contributed by atoms with van der Waals surface area (Å²) in [7, 11) is 0. The quantitative estimate of drug-likeness (QED) is 0.557. The third-order valence-electron chi connectivity index (χ3n) is 5.82. The van der Waals surface area contributed by atoms with Gasteiger partial charge in [0.2, 0.25) is 0 Å². The fraction of sp³-hybridized carbons (Fsp3) is 0.391. The van der Waals surface area contributed by atoms with E-state index >= 15 is 0 Å². The molecule has 3 fully saturated rings. The number of benzene rings is 2. The summed E-state index contributed by atoms with van der Waals surface area (Å²) in [6.45, 7) is 1.93. The topological polar surface area (TPSA) is 74.3 Å². The molecule has 3 heterocycles. The number of ether oxygens (including phenoxy) is 4. The average Bonchev–Trinajstić information content (AvgIpc) is 3.34. The highest BCUT2D eigenvalue weighted by atomic mass is 16.7. The van der Waals surface area contributed by atoms with E-state index in [0.717, 1.165) is 11.3 Å². The smallest absolute Gasteiger partial charge is 0.303 e. The summed E-state index contributed by atoms with van der Waals surface area (Å²) in [5, 5.41) is 0. The Kier molecular flexibility index (Phi) is 5.02. The summed E-state index contributed by atoms with van der Waals surface area (Å²) in [4.78, 5) is 26.2. The number of esters is 1. The Morgan fingerprint density at radius 3 is 2.20 bits per heavy atom. The van der Waals surface area contributed by atoms with Crippen LogP contribution in [0.2, 0.25) is 0 Å². The Balaban J connectivity index is 1.35. The molecule has 156 valence electrons. The summed E-state index contributed by atoms with van der Waals surface area (Å²) in [6, 6.07) is 19.2. The maximum atomic E-state index is 13.1. The molecular weight excluding hydrogens is 386 g/mol. The van der Waals surface area contributed by atoms with E-state index < -0.39 is 18.3 Å². The van der Waals surface area contributed by atoms with Gasteiger partial charge in [-0.3, -0.25) is 14.5 Å². The fourth-order valence-corrected chi connectivity index (χ4v) is 4.49. The summed E-state index contributed by atoms with van der Waals surface area (Å²) >= 11 is 0. The van der Waals surface area contributed by atoms with Crippen molar-refractivity contribution in [1.82, 2.24) is 0 Å². The lowest BCUT2D eigenvalue weighted by molar-refractivity contribution is -0.156. The lowest BCUT2D eigenvalue weighted by Gasteiger charge is -2.47. The van der Waals surface area contributed by atoms with Crippen molar-refractivity contribution in [3.8, 4) is 0 Å². The zero-order valence-electron chi connectivity index (χ0n) is 16.5. The zero-order chi connectivity index (χ0) is 20.7. The Labute approximate surface area is 174 Å².